The number of carboxylic acids is 1. The molecule has 1 saturated heterocycles. The van der Waals surface area contributed by atoms with Gasteiger partial charge in [-0.3, -0.25) is 4.79 Å². The molecule has 1 aromatic rings. The van der Waals surface area contributed by atoms with E-state index in [2.05, 4.69) is 8.75 Å². The van der Waals surface area contributed by atoms with Crippen molar-refractivity contribution < 1.29 is 19.4 Å². The molecule has 0 spiro atoms. The van der Waals surface area contributed by atoms with Gasteiger partial charge < -0.3 is 14.7 Å². The highest BCUT2D eigenvalue weighted by atomic mass is 32.1. The summed E-state index contributed by atoms with van der Waals surface area (Å²) in [6.45, 7) is 2.17. The van der Waals surface area contributed by atoms with Gasteiger partial charge in [-0.2, -0.15) is 8.75 Å². The smallest absolute Gasteiger partial charge is 0.329 e. The molecule has 92 valence electrons. The third-order valence-corrected chi connectivity index (χ3v) is 2.94. The van der Waals surface area contributed by atoms with Crippen molar-refractivity contribution in [3.63, 3.8) is 0 Å². The van der Waals surface area contributed by atoms with Gasteiger partial charge in [0.2, 0.25) is 0 Å². The number of likely N-dealkylation sites (tertiary alicyclic amines) is 1. The molecule has 1 aromatic heterocycles. The van der Waals surface area contributed by atoms with Gasteiger partial charge >= 0.3 is 5.97 Å². The van der Waals surface area contributed by atoms with Crippen LogP contribution in [0.1, 0.15) is 17.4 Å². The molecule has 1 aliphatic rings. The maximum Gasteiger partial charge on any atom is 0.329 e. The first-order valence-electron chi connectivity index (χ1n) is 4.93. The minimum atomic E-state index is -1.01. The van der Waals surface area contributed by atoms with Crippen LogP contribution in [0, 0.1) is 0 Å². The van der Waals surface area contributed by atoms with Crippen LogP contribution in [0.2, 0.25) is 0 Å². The van der Waals surface area contributed by atoms with Crippen molar-refractivity contribution in [3.8, 4) is 0 Å². The summed E-state index contributed by atoms with van der Waals surface area (Å²) < 4.78 is 12.8. The summed E-state index contributed by atoms with van der Waals surface area (Å²) in [6.07, 6.45) is 1.42. The van der Waals surface area contributed by atoms with Crippen molar-refractivity contribution in [1.82, 2.24) is 13.6 Å². The summed E-state index contributed by atoms with van der Waals surface area (Å²) in [5.41, 5.74) is -0.257. The Bertz CT molecular complexity index is 427. The Morgan fingerprint density at radius 1 is 1.65 bits per heavy atom. The predicted octanol–water partition coefficient (Wildman–Crippen LogP) is -0.146. The van der Waals surface area contributed by atoms with Gasteiger partial charge in [0.05, 0.1) is 31.0 Å². The van der Waals surface area contributed by atoms with Crippen molar-refractivity contribution in [3.05, 3.63) is 11.9 Å². The number of amides is 1. The normalized spacial score (nSPS) is 17.6. The summed E-state index contributed by atoms with van der Waals surface area (Å²) >= 11 is 0.978. The van der Waals surface area contributed by atoms with Crippen LogP contribution < -0.4 is 0 Å². The van der Waals surface area contributed by atoms with Gasteiger partial charge in [0, 0.05) is 0 Å². The van der Waals surface area contributed by atoms with Gasteiger partial charge in [0.1, 0.15) is 12.2 Å². The van der Waals surface area contributed by atoms with Crippen LogP contribution >= 0.6 is 11.7 Å². The number of nitrogens with zero attached hydrogens (tertiary/aromatic N) is 3. The molecule has 17 heavy (non-hydrogen) atoms. The lowest BCUT2D eigenvalue weighted by molar-refractivity contribution is -0.159. The molecular weight excluding hydrogens is 246 g/mol. The lowest BCUT2D eigenvalue weighted by Crippen LogP contribution is -2.63. The zero-order valence-electron chi connectivity index (χ0n) is 9.12. The molecule has 2 rings (SSSR count). The minimum Gasteiger partial charge on any atom is -0.480 e. The van der Waals surface area contributed by atoms with E-state index >= 15 is 0 Å². The highest BCUT2D eigenvalue weighted by Gasteiger charge is 2.43. The Kier molecular flexibility index (Phi) is 3.07. The zero-order chi connectivity index (χ0) is 12.5. The molecule has 2 heterocycles. The second-order valence-corrected chi connectivity index (χ2v) is 4.64. The van der Waals surface area contributed by atoms with Gasteiger partial charge in [-0.05, 0) is 6.92 Å². The largest absolute Gasteiger partial charge is 0.480 e. The molecule has 0 bridgehead atoms. The first kappa shape index (κ1) is 11.9. The summed E-state index contributed by atoms with van der Waals surface area (Å²) in [4.78, 5) is 23.7. The van der Waals surface area contributed by atoms with Gasteiger partial charge in [-0.1, -0.05) is 0 Å². The van der Waals surface area contributed by atoms with E-state index in [4.69, 9.17) is 9.84 Å². The monoisotopic (exact) mass is 257 g/mol. The molecule has 0 atom stereocenters. The van der Waals surface area contributed by atoms with Crippen molar-refractivity contribution in [2.75, 3.05) is 19.7 Å². The highest BCUT2D eigenvalue weighted by molar-refractivity contribution is 6.99. The lowest BCUT2D eigenvalue weighted by atomic mass is 9.96. The molecule has 0 aromatic carbocycles. The first-order valence-corrected chi connectivity index (χ1v) is 5.66. The number of carboxylic acid groups (broad SMARTS) is 1. The number of ether oxygens (including phenoxy) is 1. The molecule has 0 aliphatic carbocycles. The Hall–Kier alpha value is -1.54. The Morgan fingerprint density at radius 3 is 2.88 bits per heavy atom. The van der Waals surface area contributed by atoms with E-state index < -0.39 is 11.6 Å². The maximum atomic E-state index is 11.8. The third kappa shape index (κ3) is 2.59. The van der Waals surface area contributed by atoms with E-state index in [0.717, 1.165) is 11.7 Å². The van der Waals surface area contributed by atoms with E-state index in [1.165, 1.54) is 6.20 Å². The van der Waals surface area contributed by atoms with Gasteiger partial charge in [0.25, 0.3) is 5.91 Å². The second kappa shape index (κ2) is 4.38. The van der Waals surface area contributed by atoms with E-state index in [9.17, 15) is 9.59 Å². The van der Waals surface area contributed by atoms with Crippen LogP contribution in [0.4, 0.5) is 0 Å². The molecule has 1 amide bonds. The van der Waals surface area contributed by atoms with Crippen LogP contribution in [0.3, 0.4) is 0 Å². The quantitative estimate of drug-likeness (QED) is 0.806. The van der Waals surface area contributed by atoms with Crippen molar-refractivity contribution in [2.45, 2.75) is 12.5 Å². The summed E-state index contributed by atoms with van der Waals surface area (Å²) in [6, 6.07) is 0. The fourth-order valence-corrected chi connectivity index (χ4v) is 2.06. The summed E-state index contributed by atoms with van der Waals surface area (Å²) in [5.74, 6) is -1.21. The second-order valence-electron chi connectivity index (χ2n) is 4.09. The molecule has 0 saturated carbocycles. The van der Waals surface area contributed by atoms with E-state index in [-0.39, 0.29) is 12.5 Å². The van der Waals surface area contributed by atoms with Crippen LogP contribution in [-0.4, -0.2) is 55.9 Å². The summed E-state index contributed by atoms with van der Waals surface area (Å²) in [5, 5.41) is 8.50. The molecule has 1 fully saturated rings. The van der Waals surface area contributed by atoms with Crippen LogP contribution in [-0.2, 0) is 9.53 Å². The molecule has 0 unspecified atom stereocenters. The van der Waals surface area contributed by atoms with Gasteiger partial charge in [0.15, 0.2) is 5.69 Å². The fraction of sp³-hybridized carbons (Fsp3) is 0.556. The molecule has 7 nitrogen and oxygen atoms in total. The van der Waals surface area contributed by atoms with Crippen molar-refractivity contribution in [2.24, 2.45) is 0 Å². The highest BCUT2D eigenvalue weighted by Crippen LogP contribution is 2.25. The first-order chi connectivity index (χ1) is 8.00. The number of carbonyl (C=O) groups excluding carboxylic acids is 1. The zero-order valence-corrected chi connectivity index (χ0v) is 9.94. The number of aliphatic carboxylic acids is 1. The average molecular weight is 257 g/mol. The fourth-order valence-electron chi connectivity index (χ4n) is 1.65. The standard InChI is InChI=1S/C9H11N3O4S/c1-9(16-3-7(13)14)4-12(5-9)8(15)6-2-10-17-11-6/h2H,3-5H2,1H3,(H,13,14). The van der Waals surface area contributed by atoms with E-state index in [0.29, 0.717) is 18.8 Å². The van der Waals surface area contributed by atoms with Crippen molar-refractivity contribution >= 4 is 23.6 Å². The van der Waals surface area contributed by atoms with Crippen molar-refractivity contribution in [1.29, 1.82) is 0 Å². The van der Waals surface area contributed by atoms with Gasteiger partial charge in [-0.25, -0.2) is 4.79 Å². The molecule has 1 N–H and O–H groups in total. The Labute approximate surface area is 101 Å². The number of aromatic nitrogens is 2. The van der Waals surface area contributed by atoms with Gasteiger partial charge in [-0.15, -0.1) is 0 Å². The van der Waals surface area contributed by atoms with Crippen LogP contribution in [0.5, 0.6) is 0 Å². The lowest BCUT2D eigenvalue weighted by Gasteiger charge is -2.46. The number of hydrogen-bond donors (Lipinski definition) is 1. The molecular formula is C9H11N3O4S. The summed E-state index contributed by atoms with van der Waals surface area (Å²) in [7, 11) is 0. The SMILES string of the molecule is CC1(OCC(=O)O)CN(C(=O)c2cnsn2)C1. The maximum absolute atomic E-state index is 11.8. The third-order valence-electron chi connectivity index (χ3n) is 2.46. The van der Waals surface area contributed by atoms with E-state index in [1.54, 1.807) is 11.8 Å². The van der Waals surface area contributed by atoms with Crippen LogP contribution in [0.25, 0.3) is 0 Å². The minimum absolute atomic E-state index is 0.199. The number of carbonyl (C=O) groups is 2. The average Bonchev–Trinajstić information content (AvgIpc) is 2.74. The molecule has 8 heteroatoms. The molecule has 0 radical (unpaired) electrons. The van der Waals surface area contributed by atoms with Crippen LogP contribution in [0.15, 0.2) is 6.20 Å². The number of rotatable bonds is 4. The van der Waals surface area contributed by atoms with E-state index in [1.807, 2.05) is 0 Å². The topological polar surface area (TPSA) is 92.6 Å². The predicted molar refractivity (Wildman–Crippen MR) is 57.8 cm³/mol. The molecule has 1 aliphatic heterocycles. The Morgan fingerprint density at radius 2 is 2.35 bits per heavy atom. The number of hydrogen-bond acceptors (Lipinski definition) is 6. The Balaban J connectivity index is 1.86.